The summed E-state index contributed by atoms with van der Waals surface area (Å²) in [6, 6.07) is 0.347. The highest BCUT2D eigenvalue weighted by molar-refractivity contribution is 7.88. The van der Waals surface area contributed by atoms with E-state index in [1.807, 2.05) is 10.9 Å². The molecule has 1 N–H and O–H groups in total. The van der Waals surface area contributed by atoms with Gasteiger partial charge in [-0.15, -0.1) is 0 Å². The van der Waals surface area contributed by atoms with E-state index in [1.165, 1.54) is 16.1 Å². The maximum atomic E-state index is 11.9. The molecule has 0 amide bonds. The van der Waals surface area contributed by atoms with Crippen molar-refractivity contribution in [1.29, 1.82) is 0 Å². The van der Waals surface area contributed by atoms with Gasteiger partial charge in [0.1, 0.15) is 0 Å². The molecule has 0 aromatic carbocycles. The zero-order valence-electron chi connectivity index (χ0n) is 14.7. The summed E-state index contributed by atoms with van der Waals surface area (Å²) in [5, 5.41) is 14.3. The lowest BCUT2D eigenvalue weighted by molar-refractivity contribution is 0.0170. The fraction of sp³-hybridized carbons (Fsp3) is 0.812. The van der Waals surface area contributed by atoms with Crippen LogP contribution >= 0.6 is 0 Å². The molecule has 0 saturated carbocycles. The lowest BCUT2D eigenvalue weighted by atomic mass is 9.73. The normalized spacial score (nSPS) is 29.3. The number of fused-ring (bicyclic) bond motifs is 1. The Labute approximate surface area is 144 Å². The molecular formula is C16H28N4O3S. The van der Waals surface area contributed by atoms with Gasteiger partial charge in [-0.2, -0.15) is 5.10 Å². The third-order valence-corrected chi connectivity index (χ3v) is 6.78. The summed E-state index contributed by atoms with van der Waals surface area (Å²) in [7, 11) is -3.20. The molecule has 2 aliphatic rings. The molecule has 2 unspecified atom stereocenters. The van der Waals surface area contributed by atoms with Gasteiger partial charge >= 0.3 is 0 Å². The molecule has 2 saturated heterocycles. The van der Waals surface area contributed by atoms with E-state index in [-0.39, 0.29) is 17.9 Å². The minimum Gasteiger partial charge on any atom is -0.396 e. The van der Waals surface area contributed by atoms with Gasteiger partial charge in [-0.25, -0.2) is 12.7 Å². The van der Waals surface area contributed by atoms with E-state index in [0.717, 1.165) is 26.1 Å². The van der Waals surface area contributed by atoms with Crippen molar-refractivity contribution in [3.05, 3.63) is 18.0 Å². The second-order valence-electron chi connectivity index (χ2n) is 7.68. The third-order valence-electron chi connectivity index (χ3n) is 5.56. The van der Waals surface area contributed by atoms with E-state index in [1.54, 1.807) is 0 Å². The number of hydrogen-bond acceptors (Lipinski definition) is 5. The number of likely N-dealkylation sites (tertiary alicyclic amines) is 1. The summed E-state index contributed by atoms with van der Waals surface area (Å²) in [6.07, 6.45) is 6.08. The van der Waals surface area contributed by atoms with Crippen molar-refractivity contribution in [3.8, 4) is 0 Å². The summed E-state index contributed by atoms with van der Waals surface area (Å²) >= 11 is 0. The highest BCUT2D eigenvalue weighted by Crippen LogP contribution is 2.43. The largest absolute Gasteiger partial charge is 0.396 e. The Morgan fingerprint density at radius 2 is 2.17 bits per heavy atom. The Balaban J connectivity index is 1.69. The molecule has 7 nitrogen and oxygen atoms in total. The third kappa shape index (κ3) is 3.37. The van der Waals surface area contributed by atoms with Gasteiger partial charge in [-0.3, -0.25) is 9.58 Å². The van der Waals surface area contributed by atoms with E-state index in [4.69, 9.17) is 0 Å². The Morgan fingerprint density at radius 1 is 1.42 bits per heavy atom. The van der Waals surface area contributed by atoms with Crippen molar-refractivity contribution in [3.63, 3.8) is 0 Å². The second-order valence-corrected chi connectivity index (χ2v) is 9.66. The number of hydrogen-bond donors (Lipinski definition) is 1. The predicted octanol–water partition coefficient (Wildman–Crippen LogP) is 0.540. The van der Waals surface area contributed by atoms with Crippen LogP contribution in [0.2, 0.25) is 0 Å². The minimum absolute atomic E-state index is 0.0583. The minimum atomic E-state index is -3.20. The molecule has 0 radical (unpaired) electrons. The first-order chi connectivity index (χ1) is 11.2. The van der Waals surface area contributed by atoms with Gasteiger partial charge in [0, 0.05) is 49.4 Å². The summed E-state index contributed by atoms with van der Waals surface area (Å²) in [4.78, 5) is 2.35. The lowest BCUT2D eigenvalue weighted by Crippen LogP contribution is -2.48. The Bertz CT molecular complexity index is 687. The average molecular weight is 356 g/mol. The molecule has 136 valence electrons. The average Bonchev–Trinajstić information content (AvgIpc) is 3.11. The Kier molecular flexibility index (Phi) is 4.76. The summed E-state index contributed by atoms with van der Waals surface area (Å²) in [5.74, 6) is 0.186. The summed E-state index contributed by atoms with van der Waals surface area (Å²) in [6.45, 7) is 7.75. The van der Waals surface area contributed by atoms with Gasteiger partial charge in [0.25, 0.3) is 0 Å². The lowest BCUT2D eigenvalue weighted by Gasteiger charge is -2.42. The number of piperidine rings is 1. The van der Waals surface area contributed by atoms with Crippen LogP contribution in [0.4, 0.5) is 0 Å². The molecule has 0 bridgehead atoms. The van der Waals surface area contributed by atoms with Crippen LogP contribution in [-0.4, -0.2) is 71.6 Å². The maximum absolute atomic E-state index is 11.9. The van der Waals surface area contributed by atoms with Crippen LogP contribution in [0.5, 0.6) is 0 Å². The number of aromatic nitrogens is 2. The number of aliphatic hydroxyl groups excluding tert-OH is 1. The van der Waals surface area contributed by atoms with Gasteiger partial charge < -0.3 is 5.11 Å². The SMILES string of the molecule is CC(C)n1cc(CN2CCC3(CO)CN(S(C)(=O)=O)CC3C2)cn1. The molecule has 3 rings (SSSR count). The van der Waals surface area contributed by atoms with Crippen molar-refractivity contribution in [1.82, 2.24) is 19.0 Å². The molecule has 2 atom stereocenters. The number of rotatable bonds is 5. The van der Waals surface area contributed by atoms with Crippen LogP contribution in [-0.2, 0) is 16.6 Å². The molecule has 1 aromatic rings. The second kappa shape index (κ2) is 6.40. The van der Waals surface area contributed by atoms with Crippen molar-refractivity contribution >= 4 is 10.0 Å². The highest BCUT2D eigenvalue weighted by atomic mass is 32.2. The molecule has 8 heteroatoms. The molecule has 0 aliphatic carbocycles. The van der Waals surface area contributed by atoms with Crippen LogP contribution in [0.15, 0.2) is 12.4 Å². The number of nitrogens with zero attached hydrogens (tertiary/aromatic N) is 4. The van der Waals surface area contributed by atoms with E-state index >= 15 is 0 Å². The van der Waals surface area contributed by atoms with E-state index in [0.29, 0.717) is 19.1 Å². The Hall–Kier alpha value is -0.960. The number of aliphatic hydroxyl groups is 1. The van der Waals surface area contributed by atoms with Crippen LogP contribution in [0.3, 0.4) is 0 Å². The molecule has 3 heterocycles. The van der Waals surface area contributed by atoms with Crippen molar-refractivity contribution in [2.24, 2.45) is 11.3 Å². The van der Waals surface area contributed by atoms with Gasteiger partial charge in [-0.05, 0) is 32.7 Å². The van der Waals surface area contributed by atoms with Crippen LogP contribution < -0.4 is 0 Å². The van der Waals surface area contributed by atoms with Crippen LogP contribution in [0.25, 0.3) is 0 Å². The van der Waals surface area contributed by atoms with Crippen LogP contribution in [0, 0.1) is 11.3 Å². The number of sulfonamides is 1. The first-order valence-electron chi connectivity index (χ1n) is 8.55. The molecular weight excluding hydrogens is 328 g/mol. The Morgan fingerprint density at radius 3 is 2.75 bits per heavy atom. The monoisotopic (exact) mass is 356 g/mol. The topological polar surface area (TPSA) is 78.7 Å². The van der Waals surface area contributed by atoms with E-state index in [2.05, 4.69) is 30.0 Å². The first kappa shape index (κ1) is 17.8. The van der Waals surface area contributed by atoms with Crippen molar-refractivity contribution in [2.45, 2.75) is 32.9 Å². The predicted molar refractivity (Wildman–Crippen MR) is 91.9 cm³/mol. The molecule has 0 spiro atoms. The fourth-order valence-electron chi connectivity index (χ4n) is 3.96. The van der Waals surface area contributed by atoms with Gasteiger partial charge in [-0.1, -0.05) is 0 Å². The van der Waals surface area contributed by atoms with E-state index in [9.17, 15) is 13.5 Å². The zero-order valence-corrected chi connectivity index (χ0v) is 15.5. The highest BCUT2D eigenvalue weighted by Gasteiger charge is 2.51. The molecule has 2 aliphatic heterocycles. The fourth-order valence-corrected chi connectivity index (χ4v) is 4.90. The van der Waals surface area contributed by atoms with Crippen molar-refractivity contribution in [2.75, 3.05) is 39.0 Å². The summed E-state index contributed by atoms with van der Waals surface area (Å²) in [5.41, 5.74) is 0.903. The van der Waals surface area contributed by atoms with Crippen LogP contribution in [0.1, 0.15) is 31.9 Å². The van der Waals surface area contributed by atoms with Gasteiger partial charge in [0.2, 0.25) is 10.0 Å². The quantitative estimate of drug-likeness (QED) is 0.833. The van der Waals surface area contributed by atoms with E-state index < -0.39 is 10.0 Å². The van der Waals surface area contributed by atoms with Gasteiger partial charge in [0.05, 0.1) is 19.1 Å². The van der Waals surface area contributed by atoms with Gasteiger partial charge in [0.15, 0.2) is 0 Å². The smallest absolute Gasteiger partial charge is 0.211 e. The molecule has 2 fully saturated rings. The zero-order chi connectivity index (χ0) is 17.5. The molecule has 24 heavy (non-hydrogen) atoms. The first-order valence-corrected chi connectivity index (χ1v) is 10.4. The standard InChI is InChI=1S/C16H28N4O3S/c1-13(2)20-8-14(6-17-20)7-18-5-4-16(12-21)11-19(24(3,22)23)10-15(16)9-18/h6,8,13,15,21H,4-5,7,9-12H2,1-3H3. The summed E-state index contributed by atoms with van der Waals surface area (Å²) < 4.78 is 27.3. The van der Waals surface area contributed by atoms with Crippen molar-refractivity contribution < 1.29 is 13.5 Å². The maximum Gasteiger partial charge on any atom is 0.211 e. The molecule has 1 aromatic heterocycles.